The molecule has 3 aromatic rings. The van der Waals surface area contributed by atoms with E-state index in [1.165, 1.54) is 6.08 Å². The molecule has 1 amide bonds. The van der Waals surface area contributed by atoms with Crippen molar-refractivity contribution in [2.24, 2.45) is 5.92 Å². The molecule has 0 aliphatic rings. The lowest BCUT2D eigenvalue weighted by molar-refractivity contribution is 0.101. The van der Waals surface area contributed by atoms with Crippen molar-refractivity contribution in [3.63, 3.8) is 0 Å². The quantitative estimate of drug-likeness (QED) is 0.411. The van der Waals surface area contributed by atoms with E-state index in [4.69, 9.17) is 4.74 Å². The molecule has 2 N–H and O–H groups in total. The molecule has 0 saturated heterocycles. The zero-order valence-corrected chi connectivity index (χ0v) is 20.2. The minimum atomic E-state index is -0.986. The fourth-order valence-corrected chi connectivity index (χ4v) is 3.09. The van der Waals surface area contributed by atoms with E-state index in [-0.39, 0.29) is 23.7 Å². The van der Waals surface area contributed by atoms with E-state index in [0.717, 1.165) is 12.1 Å². The molecule has 2 aromatic carbocycles. The molecule has 3 rings (SSSR count). The summed E-state index contributed by atoms with van der Waals surface area (Å²) < 4.78 is 35.9. The van der Waals surface area contributed by atoms with E-state index >= 15 is 0 Å². The smallest absolute Gasteiger partial charge is 0.262 e. The van der Waals surface area contributed by atoms with Crippen molar-refractivity contribution in [2.45, 2.75) is 41.2 Å². The summed E-state index contributed by atoms with van der Waals surface area (Å²) in [5.41, 5.74) is 0.937. The lowest BCUT2D eigenvalue weighted by atomic mass is 10.1. The van der Waals surface area contributed by atoms with E-state index in [1.807, 2.05) is 27.7 Å². The molecule has 182 valence electrons. The maximum atomic E-state index is 14.2. The predicted molar refractivity (Wildman–Crippen MR) is 130 cm³/mol. The van der Waals surface area contributed by atoms with Gasteiger partial charge in [-0.25, -0.2) is 8.78 Å². The Kier molecular flexibility index (Phi) is 9.36. The number of amides is 1. The summed E-state index contributed by atoms with van der Waals surface area (Å²) in [5.74, 6) is -1.75. The highest BCUT2D eigenvalue weighted by Crippen LogP contribution is 2.26. The van der Waals surface area contributed by atoms with Crippen molar-refractivity contribution in [3.05, 3.63) is 77.0 Å². The second-order valence-electron chi connectivity index (χ2n) is 7.84. The SMILES string of the molecule is C=Cc1cc(F)c(C(=O)Nc2cc(C)n(Cc3cc(O)ccc3OCC(C)C)n2)c(F)c1.CC. The van der Waals surface area contributed by atoms with Crippen molar-refractivity contribution in [1.29, 1.82) is 0 Å². The first-order valence-corrected chi connectivity index (χ1v) is 11.1. The van der Waals surface area contributed by atoms with Gasteiger partial charge in [0.25, 0.3) is 5.91 Å². The molecule has 0 radical (unpaired) electrons. The van der Waals surface area contributed by atoms with Gasteiger partial charge in [0.2, 0.25) is 0 Å². The number of hydrogen-bond donors (Lipinski definition) is 2. The molecule has 0 bridgehead atoms. The first-order chi connectivity index (χ1) is 16.2. The fraction of sp³-hybridized carbons (Fsp3) is 0.308. The Morgan fingerprint density at radius 1 is 1.21 bits per heavy atom. The van der Waals surface area contributed by atoms with Crippen molar-refractivity contribution in [2.75, 3.05) is 11.9 Å². The zero-order valence-electron chi connectivity index (χ0n) is 20.2. The van der Waals surface area contributed by atoms with Gasteiger partial charge < -0.3 is 15.2 Å². The van der Waals surface area contributed by atoms with Gasteiger partial charge in [-0.1, -0.05) is 40.3 Å². The summed E-state index contributed by atoms with van der Waals surface area (Å²) in [7, 11) is 0. The van der Waals surface area contributed by atoms with Crippen LogP contribution in [0.1, 0.15) is 54.9 Å². The third-order valence-corrected chi connectivity index (χ3v) is 4.69. The summed E-state index contributed by atoms with van der Waals surface area (Å²) in [6, 6.07) is 8.48. The number of benzene rings is 2. The summed E-state index contributed by atoms with van der Waals surface area (Å²) in [6.07, 6.45) is 1.29. The Morgan fingerprint density at radius 3 is 2.44 bits per heavy atom. The molecule has 34 heavy (non-hydrogen) atoms. The number of aromatic hydroxyl groups is 1. The number of phenols is 1. The van der Waals surface area contributed by atoms with Crippen LogP contribution >= 0.6 is 0 Å². The topological polar surface area (TPSA) is 76.4 Å². The molecule has 0 aliphatic heterocycles. The largest absolute Gasteiger partial charge is 0.508 e. The number of carbonyl (C=O) groups excluding carboxylic acids is 1. The first kappa shape index (κ1) is 26.6. The van der Waals surface area contributed by atoms with E-state index in [1.54, 1.807) is 35.9 Å². The highest BCUT2D eigenvalue weighted by molar-refractivity contribution is 6.04. The number of carbonyl (C=O) groups is 1. The standard InChI is InChI=1S/C24H25F2N3O3.C2H6/c1-5-16-9-19(25)23(20(26)10-16)24(31)27-22-8-15(4)29(28-22)12-17-11-18(30)6-7-21(17)32-13-14(2)3;1-2/h5-11,14,30H,1,12-13H2,2-4H3,(H,27,28,31);1-2H3. The molecular weight excluding hydrogens is 440 g/mol. The molecule has 6 nitrogen and oxygen atoms in total. The van der Waals surface area contributed by atoms with E-state index in [9.17, 15) is 18.7 Å². The fourth-order valence-electron chi connectivity index (χ4n) is 3.09. The van der Waals surface area contributed by atoms with Gasteiger partial charge in [-0.3, -0.25) is 9.48 Å². The van der Waals surface area contributed by atoms with Gasteiger partial charge in [0.05, 0.1) is 13.2 Å². The molecule has 1 heterocycles. The molecule has 0 spiro atoms. The number of halogens is 2. The highest BCUT2D eigenvalue weighted by atomic mass is 19.1. The third kappa shape index (κ3) is 6.66. The molecule has 8 heteroatoms. The number of phenolic OH excluding ortho intramolecular Hbond substituents is 1. The van der Waals surface area contributed by atoms with Crippen LogP contribution in [0.25, 0.3) is 6.08 Å². The van der Waals surface area contributed by atoms with Gasteiger partial charge in [0.15, 0.2) is 5.82 Å². The number of hydrogen-bond acceptors (Lipinski definition) is 4. The average molecular weight is 472 g/mol. The van der Waals surface area contributed by atoms with Crippen LogP contribution in [0.15, 0.2) is 43.0 Å². The second kappa shape index (κ2) is 12.0. The van der Waals surface area contributed by atoms with Crippen LogP contribution in [0, 0.1) is 24.5 Å². The van der Waals surface area contributed by atoms with Crippen molar-refractivity contribution < 1.29 is 23.4 Å². The monoisotopic (exact) mass is 471 g/mol. The molecule has 0 aliphatic carbocycles. The number of nitrogens with zero attached hydrogens (tertiary/aromatic N) is 2. The summed E-state index contributed by atoms with van der Waals surface area (Å²) in [5, 5.41) is 16.6. The lowest BCUT2D eigenvalue weighted by Gasteiger charge is -2.14. The summed E-state index contributed by atoms with van der Waals surface area (Å²) >= 11 is 0. The van der Waals surface area contributed by atoms with E-state index in [2.05, 4.69) is 17.0 Å². The molecular formula is C26H31F2N3O3. The van der Waals surface area contributed by atoms with Gasteiger partial charge in [0, 0.05) is 17.3 Å². The molecule has 1 aromatic heterocycles. The van der Waals surface area contributed by atoms with Crippen LogP contribution in [0.4, 0.5) is 14.6 Å². The maximum Gasteiger partial charge on any atom is 0.262 e. The Labute approximate surface area is 198 Å². The number of aryl methyl sites for hydroxylation is 1. The van der Waals surface area contributed by atoms with E-state index in [0.29, 0.717) is 29.5 Å². The number of rotatable bonds is 8. The van der Waals surface area contributed by atoms with Gasteiger partial charge in [-0.2, -0.15) is 5.10 Å². The van der Waals surface area contributed by atoms with Gasteiger partial charge in [0.1, 0.15) is 28.7 Å². The number of anilines is 1. The highest BCUT2D eigenvalue weighted by Gasteiger charge is 2.20. The molecule has 0 unspecified atom stereocenters. The third-order valence-electron chi connectivity index (χ3n) is 4.69. The van der Waals surface area contributed by atoms with Crippen LogP contribution in [0.5, 0.6) is 11.5 Å². The van der Waals surface area contributed by atoms with Gasteiger partial charge in [-0.05, 0) is 48.7 Å². The maximum absolute atomic E-state index is 14.2. The Bertz CT molecular complexity index is 1130. The lowest BCUT2D eigenvalue weighted by Crippen LogP contribution is -2.17. The predicted octanol–water partition coefficient (Wildman–Crippen LogP) is 6.18. The molecule has 0 fully saturated rings. The Hall–Kier alpha value is -3.68. The van der Waals surface area contributed by atoms with Crippen LogP contribution in [-0.2, 0) is 6.54 Å². The van der Waals surface area contributed by atoms with Crippen LogP contribution in [-0.4, -0.2) is 27.4 Å². The number of nitrogens with one attached hydrogen (secondary N) is 1. The van der Waals surface area contributed by atoms with Gasteiger partial charge in [-0.15, -0.1) is 0 Å². The summed E-state index contributed by atoms with van der Waals surface area (Å²) in [6.45, 7) is 14.1. The van der Waals surface area contributed by atoms with Gasteiger partial charge >= 0.3 is 0 Å². The van der Waals surface area contributed by atoms with Crippen molar-refractivity contribution in [1.82, 2.24) is 9.78 Å². The number of ether oxygens (including phenoxy) is 1. The zero-order chi connectivity index (χ0) is 25.4. The van der Waals surface area contributed by atoms with Crippen LogP contribution < -0.4 is 10.1 Å². The summed E-state index contributed by atoms with van der Waals surface area (Å²) in [4.78, 5) is 12.5. The molecule has 0 saturated carbocycles. The number of aromatic nitrogens is 2. The van der Waals surface area contributed by atoms with Crippen molar-refractivity contribution in [3.8, 4) is 11.5 Å². The van der Waals surface area contributed by atoms with E-state index < -0.39 is 23.1 Å². The van der Waals surface area contributed by atoms with Crippen molar-refractivity contribution >= 4 is 17.8 Å². The normalized spacial score (nSPS) is 10.5. The average Bonchev–Trinajstić information content (AvgIpc) is 3.12. The van der Waals surface area contributed by atoms with Crippen LogP contribution in [0.2, 0.25) is 0 Å². The molecule has 0 atom stereocenters. The first-order valence-electron chi connectivity index (χ1n) is 11.1. The Morgan fingerprint density at radius 2 is 1.85 bits per heavy atom. The second-order valence-corrected chi connectivity index (χ2v) is 7.84. The Balaban J connectivity index is 0.00000199. The minimum absolute atomic E-state index is 0.0872. The van der Waals surface area contributed by atoms with Crippen LogP contribution in [0.3, 0.4) is 0 Å². The minimum Gasteiger partial charge on any atom is -0.508 e.